The summed E-state index contributed by atoms with van der Waals surface area (Å²) in [7, 11) is 0. The van der Waals surface area contributed by atoms with Gasteiger partial charge >= 0.3 is 0 Å². The molecule has 146 valence electrons. The van der Waals surface area contributed by atoms with Crippen molar-refractivity contribution in [2.45, 2.75) is 13.0 Å². The molecule has 0 bridgehead atoms. The summed E-state index contributed by atoms with van der Waals surface area (Å²) in [5.74, 6) is 0.544. The van der Waals surface area contributed by atoms with E-state index in [1.807, 2.05) is 73.7 Å². The third-order valence-electron chi connectivity index (χ3n) is 5.08. The van der Waals surface area contributed by atoms with Crippen molar-refractivity contribution < 1.29 is 4.79 Å². The van der Waals surface area contributed by atoms with Crippen LogP contribution in [-0.2, 0) is 0 Å². The minimum absolute atomic E-state index is 0.174. The van der Waals surface area contributed by atoms with Gasteiger partial charge in [0.05, 0.1) is 33.8 Å². The van der Waals surface area contributed by atoms with Crippen LogP contribution in [0.1, 0.15) is 29.1 Å². The quantitative estimate of drug-likeness (QED) is 0.465. The molecule has 1 unspecified atom stereocenters. The van der Waals surface area contributed by atoms with E-state index >= 15 is 0 Å². The maximum atomic E-state index is 13.2. The van der Waals surface area contributed by atoms with E-state index in [1.54, 1.807) is 12.4 Å². The van der Waals surface area contributed by atoms with Crippen molar-refractivity contribution in [2.75, 3.05) is 0 Å². The Morgan fingerprint density at radius 2 is 1.77 bits per heavy atom. The molecule has 0 aliphatic carbocycles. The van der Waals surface area contributed by atoms with Crippen molar-refractivity contribution in [1.82, 2.24) is 25.3 Å². The number of nitrogens with zero attached hydrogens (tertiary/aromatic N) is 3. The number of carbonyl (C=O) groups excluding carboxylic acids is 1. The zero-order valence-corrected chi connectivity index (χ0v) is 16.3. The topological polar surface area (TPSA) is 83.6 Å². The van der Waals surface area contributed by atoms with E-state index < -0.39 is 0 Å². The van der Waals surface area contributed by atoms with Crippen LogP contribution in [0.25, 0.3) is 33.2 Å². The maximum Gasteiger partial charge on any atom is 0.252 e. The van der Waals surface area contributed by atoms with Crippen LogP contribution in [0.3, 0.4) is 0 Å². The van der Waals surface area contributed by atoms with E-state index in [4.69, 9.17) is 4.98 Å². The summed E-state index contributed by atoms with van der Waals surface area (Å²) in [4.78, 5) is 30.0. The van der Waals surface area contributed by atoms with Crippen molar-refractivity contribution in [3.63, 3.8) is 0 Å². The molecule has 6 heteroatoms. The zero-order chi connectivity index (χ0) is 20.5. The van der Waals surface area contributed by atoms with E-state index in [0.29, 0.717) is 11.3 Å². The molecule has 0 radical (unpaired) electrons. The van der Waals surface area contributed by atoms with E-state index in [0.717, 1.165) is 33.3 Å². The fourth-order valence-corrected chi connectivity index (χ4v) is 3.55. The Hall–Kier alpha value is -4.06. The lowest BCUT2D eigenvalue weighted by atomic mass is 10.0. The Labute approximate surface area is 173 Å². The van der Waals surface area contributed by atoms with Gasteiger partial charge in [0.2, 0.25) is 0 Å². The van der Waals surface area contributed by atoms with Crippen LogP contribution in [0.4, 0.5) is 0 Å². The number of rotatable bonds is 4. The van der Waals surface area contributed by atoms with Crippen molar-refractivity contribution >= 4 is 27.8 Å². The second-order valence-electron chi connectivity index (χ2n) is 7.15. The summed E-state index contributed by atoms with van der Waals surface area (Å²) < 4.78 is 0. The number of aromatic amines is 1. The first-order valence-electron chi connectivity index (χ1n) is 9.75. The molecule has 3 heterocycles. The molecule has 0 spiro atoms. The average molecular weight is 393 g/mol. The molecule has 0 fully saturated rings. The van der Waals surface area contributed by atoms with Crippen LogP contribution >= 0.6 is 0 Å². The molecule has 0 aliphatic rings. The molecule has 1 amide bonds. The summed E-state index contributed by atoms with van der Waals surface area (Å²) in [6.45, 7) is 1.92. The first-order chi connectivity index (χ1) is 14.7. The highest BCUT2D eigenvalue weighted by atomic mass is 16.1. The SMILES string of the molecule is CC(NC(=O)c1cc(-c2cccnc2)nc2ccccc12)c1nc2ccccc2[nH]1. The molecule has 5 rings (SSSR count). The number of H-pyrrole nitrogens is 1. The van der Waals surface area contributed by atoms with Gasteiger partial charge in [-0.25, -0.2) is 9.97 Å². The minimum atomic E-state index is -0.279. The van der Waals surface area contributed by atoms with Gasteiger partial charge in [0.15, 0.2) is 0 Å². The van der Waals surface area contributed by atoms with E-state index in [9.17, 15) is 4.79 Å². The molecule has 0 aliphatic heterocycles. The number of para-hydroxylation sites is 3. The van der Waals surface area contributed by atoms with Crippen LogP contribution in [0.15, 0.2) is 79.1 Å². The standard InChI is InChI=1S/C24H19N5O/c1-15(23-28-20-10-4-5-11-21(20)29-23)26-24(30)18-13-22(16-7-6-12-25-14-16)27-19-9-3-2-8-17(18)19/h2-15H,1H3,(H,26,30)(H,28,29). The van der Waals surface area contributed by atoms with Gasteiger partial charge in [0, 0.05) is 23.3 Å². The molecule has 1 atom stereocenters. The number of carbonyl (C=O) groups is 1. The number of benzene rings is 2. The maximum absolute atomic E-state index is 13.2. The molecule has 30 heavy (non-hydrogen) atoms. The number of hydrogen-bond donors (Lipinski definition) is 2. The average Bonchev–Trinajstić information content (AvgIpc) is 3.23. The monoisotopic (exact) mass is 393 g/mol. The molecule has 2 aromatic carbocycles. The van der Waals surface area contributed by atoms with Gasteiger partial charge in [0.1, 0.15) is 5.82 Å². The van der Waals surface area contributed by atoms with Crippen LogP contribution in [0, 0.1) is 0 Å². The molecular formula is C24H19N5O. The van der Waals surface area contributed by atoms with E-state index in [-0.39, 0.29) is 11.9 Å². The van der Waals surface area contributed by atoms with Gasteiger partial charge in [-0.05, 0) is 43.3 Å². The molecular weight excluding hydrogens is 374 g/mol. The number of fused-ring (bicyclic) bond motifs is 2. The molecule has 2 N–H and O–H groups in total. The third kappa shape index (κ3) is 3.28. The predicted octanol–water partition coefficient (Wildman–Crippen LogP) is 4.66. The number of aromatic nitrogens is 4. The van der Waals surface area contributed by atoms with Crippen molar-refractivity contribution in [3.8, 4) is 11.3 Å². The smallest absolute Gasteiger partial charge is 0.252 e. The lowest BCUT2D eigenvalue weighted by Gasteiger charge is -2.14. The summed E-state index contributed by atoms with van der Waals surface area (Å²) in [5.41, 5.74) is 4.73. The van der Waals surface area contributed by atoms with Crippen molar-refractivity contribution in [1.29, 1.82) is 0 Å². The Morgan fingerprint density at radius 3 is 2.57 bits per heavy atom. The lowest BCUT2D eigenvalue weighted by molar-refractivity contribution is 0.0940. The molecule has 0 saturated heterocycles. The van der Waals surface area contributed by atoms with Crippen molar-refractivity contribution in [3.05, 3.63) is 90.5 Å². The zero-order valence-electron chi connectivity index (χ0n) is 16.3. The highest BCUT2D eigenvalue weighted by Gasteiger charge is 2.18. The van der Waals surface area contributed by atoms with E-state index in [1.165, 1.54) is 0 Å². The number of amides is 1. The van der Waals surface area contributed by atoms with Crippen LogP contribution in [-0.4, -0.2) is 25.8 Å². The summed E-state index contributed by atoms with van der Waals surface area (Å²) in [6.07, 6.45) is 3.46. The molecule has 0 saturated carbocycles. The van der Waals surface area contributed by atoms with Gasteiger partial charge in [-0.2, -0.15) is 0 Å². The van der Waals surface area contributed by atoms with Crippen LogP contribution in [0.5, 0.6) is 0 Å². The van der Waals surface area contributed by atoms with Gasteiger partial charge in [-0.1, -0.05) is 30.3 Å². The fraction of sp³-hybridized carbons (Fsp3) is 0.0833. The highest BCUT2D eigenvalue weighted by Crippen LogP contribution is 2.25. The molecule has 6 nitrogen and oxygen atoms in total. The van der Waals surface area contributed by atoms with Gasteiger partial charge < -0.3 is 10.3 Å². The van der Waals surface area contributed by atoms with Gasteiger partial charge in [-0.3, -0.25) is 9.78 Å². The normalized spacial score (nSPS) is 12.2. The van der Waals surface area contributed by atoms with Gasteiger partial charge in [0.25, 0.3) is 5.91 Å². The first kappa shape index (κ1) is 18.0. The number of nitrogens with one attached hydrogen (secondary N) is 2. The number of hydrogen-bond acceptors (Lipinski definition) is 4. The Balaban J connectivity index is 1.52. The van der Waals surface area contributed by atoms with Gasteiger partial charge in [-0.15, -0.1) is 0 Å². The number of pyridine rings is 2. The predicted molar refractivity (Wildman–Crippen MR) is 117 cm³/mol. The first-order valence-corrected chi connectivity index (χ1v) is 9.75. The summed E-state index contributed by atoms with van der Waals surface area (Å²) >= 11 is 0. The molecule has 5 aromatic rings. The second-order valence-corrected chi connectivity index (χ2v) is 7.15. The Bertz CT molecular complexity index is 1330. The minimum Gasteiger partial charge on any atom is -0.342 e. The summed E-state index contributed by atoms with van der Waals surface area (Å²) in [5, 5.41) is 3.87. The lowest BCUT2D eigenvalue weighted by Crippen LogP contribution is -2.27. The van der Waals surface area contributed by atoms with Crippen LogP contribution in [0.2, 0.25) is 0 Å². The largest absolute Gasteiger partial charge is 0.342 e. The fourth-order valence-electron chi connectivity index (χ4n) is 3.55. The van der Waals surface area contributed by atoms with Crippen molar-refractivity contribution in [2.24, 2.45) is 0 Å². The highest BCUT2D eigenvalue weighted by molar-refractivity contribution is 6.07. The Morgan fingerprint density at radius 1 is 0.967 bits per heavy atom. The molecule has 3 aromatic heterocycles. The summed E-state index contributed by atoms with van der Waals surface area (Å²) in [6, 6.07) is 20.8. The van der Waals surface area contributed by atoms with Crippen LogP contribution < -0.4 is 5.32 Å². The second kappa shape index (κ2) is 7.40. The number of imidazole rings is 1. The van der Waals surface area contributed by atoms with E-state index in [2.05, 4.69) is 20.3 Å². The Kier molecular flexibility index (Phi) is 4.44. The third-order valence-corrected chi connectivity index (χ3v) is 5.08.